The summed E-state index contributed by atoms with van der Waals surface area (Å²) in [7, 11) is 22.2. The second-order valence-corrected chi connectivity index (χ2v) is 37.0. The zero-order valence-corrected chi connectivity index (χ0v) is 83.6. The molecule has 12 rings (SSSR count). The molecule has 730 valence electrons. The summed E-state index contributed by atoms with van der Waals surface area (Å²) >= 11 is 0. The van der Waals surface area contributed by atoms with Gasteiger partial charge in [0.05, 0.1) is 4.92 Å². The fourth-order valence-corrected chi connectivity index (χ4v) is 15.6. The Labute approximate surface area is 800 Å². The van der Waals surface area contributed by atoms with Gasteiger partial charge in [-0.15, -0.1) is 0 Å². The highest BCUT2D eigenvalue weighted by atomic mass is 16.6. The van der Waals surface area contributed by atoms with E-state index >= 15 is 0 Å². The SMILES string of the molecule is CCCN(C)c1nc(OC2CCN(C)CC2)nc(Nc2cc(C(=O)NC)ccc2C)c1C#N.CNC(=O)c1ccc(C)c(Nc2nc(OC3CCN(C)CC3)nc(N(C)C(C)C)c2C#N)c1.CNC(=O)c1ccc(C)c(Nc2nc(OC3CCN(C)CC3)nc(N(C)CC(C)(C)C)c2[N+](=O)[O-])c1.CNC(=O)c1ccc(C)c(Nc2nc(OC3CCN(C)CC3)nc(N(C)CC(C)C)c2C#N)c1. The van der Waals surface area contributed by atoms with Crippen molar-refractivity contribution in [2.24, 2.45) is 11.3 Å². The molecule has 0 aliphatic carbocycles. The highest BCUT2D eigenvalue weighted by Gasteiger charge is 2.34. The van der Waals surface area contributed by atoms with Crippen molar-refractivity contribution < 1.29 is 43.0 Å². The van der Waals surface area contributed by atoms with Gasteiger partial charge in [0.1, 0.15) is 59.3 Å². The van der Waals surface area contributed by atoms with E-state index in [1.807, 2.05) is 95.6 Å². The van der Waals surface area contributed by atoms with E-state index < -0.39 is 4.92 Å². The van der Waals surface area contributed by atoms with E-state index in [1.165, 1.54) is 0 Å². The van der Waals surface area contributed by atoms with Crippen molar-refractivity contribution in [1.29, 1.82) is 15.8 Å². The third-order valence-electron chi connectivity index (χ3n) is 23.7. The van der Waals surface area contributed by atoms with Crippen LogP contribution in [0.15, 0.2) is 72.8 Å². The monoisotopic (exact) mass is 1870 g/mol. The van der Waals surface area contributed by atoms with Crippen molar-refractivity contribution in [3.05, 3.63) is 144 Å². The number of nitrogens with zero attached hydrogens (tertiary/aromatic N) is 20. The fourth-order valence-electron chi connectivity index (χ4n) is 15.6. The third-order valence-corrected chi connectivity index (χ3v) is 23.7. The van der Waals surface area contributed by atoms with Crippen LogP contribution in [0.4, 0.5) is 75.0 Å². The van der Waals surface area contributed by atoms with Gasteiger partial charge in [-0.3, -0.25) is 29.3 Å². The smallest absolute Gasteiger partial charge is 0.354 e. The lowest BCUT2D eigenvalue weighted by Crippen LogP contribution is -2.36. The number of benzene rings is 4. The number of amides is 4. The molecule has 0 atom stereocenters. The number of carbonyl (C=O) groups excluding carboxylic acids is 4. The minimum Gasteiger partial charge on any atom is -0.460 e. The number of carbonyl (C=O) groups is 4. The van der Waals surface area contributed by atoms with Crippen LogP contribution in [0.25, 0.3) is 0 Å². The molecule has 4 saturated heterocycles. The number of hydrogen-bond donors (Lipinski definition) is 8. The predicted octanol–water partition coefficient (Wildman–Crippen LogP) is 13.2. The highest BCUT2D eigenvalue weighted by Crippen LogP contribution is 2.41. The summed E-state index contributed by atoms with van der Waals surface area (Å²) in [6, 6.07) is 29.0. The molecular weight excluding hydrogens is 1730 g/mol. The first-order chi connectivity index (χ1) is 64.7. The van der Waals surface area contributed by atoms with Crippen molar-refractivity contribution in [2.75, 3.05) is 197 Å². The lowest BCUT2D eigenvalue weighted by molar-refractivity contribution is -0.383. The lowest BCUT2D eigenvalue weighted by Gasteiger charge is -2.30. The van der Waals surface area contributed by atoms with Crippen LogP contribution in [0, 0.1) is 83.1 Å². The summed E-state index contributed by atoms with van der Waals surface area (Å²) in [5.41, 5.74) is 8.78. The maximum absolute atomic E-state index is 12.3. The number of rotatable bonds is 31. The van der Waals surface area contributed by atoms with Crippen LogP contribution in [0.5, 0.6) is 24.0 Å². The molecule has 38 nitrogen and oxygen atoms in total. The van der Waals surface area contributed by atoms with E-state index in [9.17, 15) is 45.1 Å². The molecule has 4 aromatic carbocycles. The molecule has 8 heterocycles. The summed E-state index contributed by atoms with van der Waals surface area (Å²) in [5.74, 6) is 2.41. The van der Waals surface area contributed by atoms with E-state index in [0.29, 0.717) is 109 Å². The maximum atomic E-state index is 12.3. The Hall–Kier alpha value is -13.6. The predicted molar refractivity (Wildman–Crippen MR) is 533 cm³/mol. The van der Waals surface area contributed by atoms with Gasteiger partial charge in [-0.05, 0) is 210 Å². The molecule has 0 unspecified atom stereocenters. The van der Waals surface area contributed by atoms with Crippen LogP contribution in [0.2, 0.25) is 0 Å². The molecule has 8 aromatic rings. The average Bonchev–Trinajstić information content (AvgIpc) is 0.769. The van der Waals surface area contributed by atoms with E-state index in [1.54, 1.807) is 94.7 Å². The molecule has 4 aliphatic heterocycles. The first-order valence-electron chi connectivity index (χ1n) is 46.4. The molecule has 136 heavy (non-hydrogen) atoms. The standard InChI is InChI=1S/C25H37N7O4.C25H35N7O2.2C24H33N7O2/c1-16-8-9-17(23(33)26-5)14-19(16)27-21-20(32(34)35)22(31(7)15-25(2,3)4)29-24(28-21)36-18-10-12-30(6)13-11-18;1-16(2)15-32(6)23-20(14-26)22(28-21-13-18(24(33)27-4)8-7-17(21)3)29-25(30-23)34-19-9-11-31(5)12-10-19;1-15(2)31(6)22-19(14-25)21(27-20-13-17(23(32)26-4)8-7-16(20)3)28-24(29-22)33-18-9-11-30(5)12-10-18;1-6-11-31(5)22-19(15-25)21(27-20-14-17(23(32)26-3)8-7-16(20)2)28-24(29-22)33-18-9-12-30(4)13-10-18/h8-9,14,18H,10-13,15H2,1-7H3,(H,26,33)(H,27,28,29);7-8,13,16,19H,9-12,15H2,1-6H3,(H,27,33)(H,28,29,30);7-8,13,15,18H,9-12H2,1-6H3,(H,26,32)(H,27,28,29);7-8,14,18H,6,9-13H2,1-5H3,(H,26,32)(H,27,28,29). The summed E-state index contributed by atoms with van der Waals surface area (Å²) < 4.78 is 24.7. The number of ether oxygens (including phenoxy) is 4. The number of nitro groups is 1. The Bertz CT molecular complexity index is 5580. The fraction of sp³-hybridized carbons (Fsp3) is 0.520. The Morgan fingerprint density at radius 2 is 0.713 bits per heavy atom. The largest absolute Gasteiger partial charge is 0.460 e. The Morgan fingerprint density at radius 1 is 0.441 bits per heavy atom. The summed E-state index contributed by atoms with van der Waals surface area (Å²) in [6.45, 7) is 33.7. The van der Waals surface area contributed by atoms with Crippen LogP contribution in [-0.2, 0) is 0 Å². The van der Waals surface area contributed by atoms with Crippen LogP contribution in [0.1, 0.15) is 194 Å². The first-order valence-corrected chi connectivity index (χ1v) is 46.4. The highest BCUT2D eigenvalue weighted by molar-refractivity contribution is 5.98. The van der Waals surface area contributed by atoms with Gasteiger partial charge >= 0.3 is 29.7 Å². The minimum atomic E-state index is -0.478. The molecule has 0 bridgehead atoms. The van der Waals surface area contributed by atoms with Gasteiger partial charge in [0.2, 0.25) is 11.6 Å². The maximum Gasteiger partial charge on any atom is 0.354 e. The molecular formula is C98H138N28O10. The lowest BCUT2D eigenvalue weighted by atomic mass is 9.96. The molecule has 8 N–H and O–H groups in total. The number of hydrogen-bond acceptors (Lipinski definition) is 33. The third kappa shape index (κ3) is 29.7. The van der Waals surface area contributed by atoms with Crippen LogP contribution in [-0.4, -0.2) is 275 Å². The number of aromatic nitrogens is 8. The quantitative estimate of drug-likeness (QED) is 0.0148. The van der Waals surface area contributed by atoms with Gasteiger partial charge in [0.25, 0.3) is 23.6 Å². The van der Waals surface area contributed by atoms with E-state index in [2.05, 4.69) is 190 Å². The van der Waals surface area contributed by atoms with Crippen LogP contribution < -0.4 is 81.1 Å². The molecule has 0 spiro atoms. The van der Waals surface area contributed by atoms with Gasteiger partial charge in [0.15, 0.2) is 34.9 Å². The number of nitriles is 3. The number of nitrogens with one attached hydrogen (secondary N) is 8. The van der Waals surface area contributed by atoms with E-state index in [4.69, 9.17) is 18.9 Å². The summed E-state index contributed by atoms with van der Waals surface area (Å²) in [6.07, 6.45) is 7.94. The van der Waals surface area contributed by atoms with Gasteiger partial charge in [-0.2, -0.15) is 55.7 Å². The molecule has 4 amide bonds. The normalized spacial score (nSPS) is 14.6. The average molecular weight is 1870 g/mol. The summed E-state index contributed by atoms with van der Waals surface area (Å²) in [4.78, 5) is 114. The zero-order valence-electron chi connectivity index (χ0n) is 83.6. The zero-order chi connectivity index (χ0) is 99.5. The van der Waals surface area contributed by atoms with Gasteiger partial charge in [0, 0.05) is 179 Å². The summed E-state index contributed by atoms with van der Waals surface area (Å²) in [5, 5.41) is 65.7. The molecule has 0 radical (unpaired) electrons. The number of aryl methyl sites for hydroxylation is 4. The topological polar surface area (TPSA) is 445 Å². The van der Waals surface area contributed by atoms with E-state index in [0.717, 1.165) is 145 Å². The van der Waals surface area contributed by atoms with Crippen molar-refractivity contribution >= 4 is 98.6 Å². The van der Waals surface area contributed by atoms with Crippen LogP contribution in [0.3, 0.4) is 0 Å². The van der Waals surface area contributed by atoms with E-state index in [-0.39, 0.29) is 101 Å². The van der Waals surface area contributed by atoms with Crippen molar-refractivity contribution in [3.63, 3.8) is 0 Å². The molecule has 4 fully saturated rings. The molecule has 4 aromatic heterocycles. The minimum absolute atomic E-state index is 0.0193. The van der Waals surface area contributed by atoms with Crippen molar-refractivity contribution in [2.45, 2.75) is 171 Å². The van der Waals surface area contributed by atoms with Gasteiger partial charge < -0.3 is 101 Å². The van der Waals surface area contributed by atoms with Crippen LogP contribution >= 0.6 is 0 Å². The Balaban J connectivity index is 0.000000203. The molecule has 38 heteroatoms. The second-order valence-electron chi connectivity index (χ2n) is 37.0. The first kappa shape index (κ1) is 106. The Kier molecular flexibility index (Phi) is 38.7. The Morgan fingerprint density at radius 3 is 0.978 bits per heavy atom. The van der Waals surface area contributed by atoms with Gasteiger partial charge in [-0.1, -0.05) is 65.8 Å². The number of piperidine rings is 4. The number of anilines is 12. The van der Waals surface area contributed by atoms with Crippen molar-refractivity contribution in [1.82, 2.24) is 80.7 Å². The van der Waals surface area contributed by atoms with Crippen molar-refractivity contribution in [3.8, 4) is 42.2 Å². The molecule has 0 saturated carbocycles. The number of likely N-dealkylation sites (tertiary alicyclic amines) is 4. The van der Waals surface area contributed by atoms with Gasteiger partial charge in [-0.25, -0.2) is 0 Å². The second kappa shape index (κ2) is 49.6. The molecule has 4 aliphatic rings.